The molecular weight excluding hydrogens is 268 g/mol. The Hall–Kier alpha value is -0.0917. The molecule has 1 aliphatic rings. The summed E-state index contributed by atoms with van der Waals surface area (Å²) < 4.78 is 0. The summed E-state index contributed by atoms with van der Waals surface area (Å²) in [6.07, 6.45) is 14.0. The number of allylic oxidation sites excluding steroid dienone is 6. The zero-order valence-corrected chi connectivity index (χ0v) is 7.44. The molecule has 0 unspecified atom stereocenters. The van der Waals surface area contributed by atoms with Crippen LogP contribution in [-0.2, 0) is 21.1 Å². The predicted octanol–water partition coefficient (Wildman–Crippen LogP) is 1.86. The van der Waals surface area contributed by atoms with Crippen molar-refractivity contribution in [3.05, 3.63) is 36.5 Å². The minimum atomic E-state index is 0. The summed E-state index contributed by atoms with van der Waals surface area (Å²) in [6, 6.07) is 0. The van der Waals surface area contributed by atoms with Crippen LogP contribution in [-0.4, -0.2) is 0 Å². The van der Waals surface area contributed by atoms with Gasteiger partial charge < -0.3 is 0 Å². The second-order valence-corrected chi connectivity index (χ2v) is 1.39. The molecule has 0 spiro atoms. The van der Waals surface area contributed by atoms with Crippen LogP contribution >= 0.6 is 0 Å². The van der Waals surface area contributed by atoms with Gasteiger partial charge in [0.1, 0.15) is 0 Å². The molecule has 0 amide bonds. The zero-order chi connectivity index (χ0) is 4.95. The molecule has 8 heavy (non-hydrogen) atoms. The molecule has 0 atom stereocenters. The molecule has 0 aliphatic heterocycles. The molecule has 0 heterocycles. The molecule has 0 N–H and O–H groups in total. The topological polar surface area (TPSA) is 0 Å². The van der Waals surface area contributed by atoms with Gasteiger partial charge >= 0.3 is 0 Å². The Labute approximate surface area is 64.2 Å². The summed E-state index contributed by atoms with van der Waals surface area (Å²) in [4.78, 5) is 0. The van der Waals surface area contributed by atoms with E-state index < -0.39 is 0 Å². The number of hydrogen-bond donors (Lipinski definition) is 0. The number of hydrogen-bond acceptors (Lipinski definition) is 0. The van der Waals surface area contributed by atoms with Gasteiger partial charge in [0.25, 0.3) is 0 Å². The average molecular weight is 275 g/mol. The molecule has 0 radical (unpaired) electrons. The van der Waals surface area contributed by atoms with Crippen molar-refractivity contribution in [2.75, 3.05) is 0 Å². The minimum Gasteiger partial charge on any atom is -0.271 e. The molecule has 1 rings (SSSR count). The summed E-state index contributed by atoms with van der Waals surface area (Å²) >= 11 is 0. The fraction of sp³-hybridized carbons (Fsp3) is 0.143. The van der Waals surface area contributed by atoms with Crippen LogP contribution in [0.25, 0.3) is 0 Å². The molecule has 0 aromatic carbocycles. The standard InChI is InChI=1S/C7H7.W/c1-2-4-6-7-5-3-1;/h1-5H,6H2;/q-1;. The maximum absolute atomic E-state index is 3.05. The first-order chi connectivity index (χ1) is 3.50. The summed E-state index contributed by atoms with van der Waals surface area (Å²) in [7, 11) is 0. The molecule has 0 saturated carbocycles. The van der Waals surface area contributed by atoms with Crippen molar-refractivity contribution in [1.29, 1.82) is 0 Å². The van der Waals surface area contributed by atoms with E-state index >= 15 is 0 Å². The van der Waals surface area contributed by atoms with Crippen LogP contribution in [0.3, 0.4) is 0 Å². The Kier molecular flexibility index (Phi) is 5.00. The Bertz CT molecular complexity index is 106. The van der Waals surface area contributed by atoms with Gasteiger partial charge in [-0.05, 0) is 0 Å². The Morgan fingerprint density at radius 3 is 2.88 bits per heavy atom. The first kappa shape index (κ1) is 7.91. The van der Waals surface area contributed by atoms with Crippen molar-refractivity contribution in [3.8, 4) is 0 Å². The van der Waals surface area contributed by atoms with Crippen LogP contribution in [0.2, 0.25) is 0 Å². The van der Waals surface area contributed by atoms with E-state index in [0.29, 0.717) is 0 Å². The monoisotopic (exact) mass is 275 g/mol. The van der Waals surface area contributed by atoms with Crippen molar-refractivity contribution in [3.63, 3.8) is 0 Å². The third-order valence-corrected chi connectivity index (χ3v) is 0.808. The van der Waals surface area contributed by atoms with Crippen molar-refractivity contribution in [2.45, 2.75) is 6.42 Å². The van der Waals surface area contributed by atoms with Crippen molar-refractivity contribution in [1.82, 2.24) is 0 Å². The van der Waals surface area contributed by atoms with Crippen LogP contribution in [0.4, 0.5) is 0 Å². The maximum atomic E-state index is 3.05. The largest absolute Gasteiger partial charge is 0.271 e. The molecule has 42 valence electrons. The van der Waals surface area contributed by atoms with Crippen LogP contribution in [0.5, 0.6) is 0 Å². The SMILES string of the molecule is [C-]1=CC=CC=CC1.[W]. The third kappa shape index (κ3) is 2.98. The third-order valence-electron chi connectivity index (χ3n) is 0.808. The number of rotatable bonds is 0. The van der Waals surface area contributed by atoms with Gasteiger partial charge in [0, 0.05) is 21.1 Å². The van der Waals surface area contributed by atoms with Gasteiger partial charge in [-0.25, -0.2) is 12.2 Å². The van der Waals surface area contributed by atoms with E-state index in [1.54, 1.807) is 0 Å². The Morgan fingerprint density at radius 1 is 1.12 bits per heavy atom. The van der Waals surface area contributed by atoms with Gasteiger partial charge in [-0.15, -0.1) is 6.08 Å². The van der Waals surface area contributed by atoms with E-state index in [-0.39, 0.29) is 21.1 Å². The van der Waals surface area contributed by atoms with Crippen LogP contribution in [0.15, 0.2) is 30.4 Å². The van der Waals surface area contributed by atoms with E-state index in [0.717, 1.165) is 6.42 Å². The smallest absolute Gasteiger partial charge is 0 e. The summed E-state index contributed by atoms with van der Waals surface area (Å²) in [6.45, 7) is 0. The molecule has 0 fully saturated rings. The van der Waals surface area contributed by atoms with E-state index in [2.05, 4.69) is 12.2 Å². The average Bonchev–Trinajstić information content (AvgIpc) is 1.90. The fourth-order valence-electron chi connectivity index (χ4n) is 0.470. The second kappa shape index (κ2) is 5.05. The van der Waals surface area contributed by atoms with Gasteiger partial charge in [0.2, 0.25) is 0 Å². The van der Waals surface area contributed by atoms with Gasteiger partial charge in [0.15, 0.2) is 0 Å². The first-order valence-corrected chi connectivity index (χ1v) is 2.38. The molecule has 0 aromatic rings. The zero-order valence-electron chi connectivity index (χ0n) is 4.50. The Balaban J connectivity index is 0.000000490. The van der Waals surface area contributed by atoms with Crippen molar-refractivity contribution in [2.24, 2.45) is 0 Å². The van der Waals surface area contributed by atoms with E-state index in [1.807, 2.05) is 24.3 Å². The van der Waals surface area contributed by atoms with Crippen LogP contribution in [0.1, 0.15) is 6.42 Å². The van der Waals surface area contributed by atoms with Gasteiger partial charge in [-0.2, -0.15) is 0 Å². The van der Waals surface area contributed by atoms with Crippen molar-refractivity contribution < 1.29 is 21.1 Å². The predicted molar refractivity (Wildman–Crippen MR) is 30.7 cm³/mol. The van der Waals surface area contributed by atoms with E-state index in [9.17, 15) is 0 Å². The normalized spacial score (nSPS) is 15.0. The Morgan fingerprint density at radius 2 is 2.00 bits per heavy atom. The molecule has 1 aliphatic carbocycles. The van der Waals surface area contributed by atoms with E-state index in [1.165, 1.54) is 0 Å². The summed E-state index contributed by atoms with van der Waals surface area (Å²) in [5.41, 5.74) is 0. The van der Waals surface area contributed by atoms with E-state index in [4.69, 9.17) is 0 Å². The van der Waals surface area contributed by atoms with Crippen molar-refractivity contribution >= 4 is 0 Å². The maximum Gasteiger partial charge on any atom is 0 e. The van der Waals surface area contributed by atoms with Gasteiger partial charge in [-0.3, -0.25) is 6.08 Å². The molecule has 1 heteroatoms. The first-order valence-electron chi connectivity index (χ1n) is 2.38. The summed E-state index contributed by atoms with van der Waals surface area (Å²) in [5, 5.41) is 0. The van der Waals surface area contributed by atoms with Gasteiger partial charge in [-0.1, -0.05) is 18.6 Å². The van der Waals surface area contributed by atoms with Gasteiger partial charge in [0.05, 0.1) is 0 Å². The quantitative estimate of drug-likeness (QED) is 0.592. The summed E-state index contributed by atoms with van der Waals surface area (Å²) in [5.74, 6) is 0. The molecule has 0 aromatic heterocycles. The molecule has 0 nitrogen and oxygen atoms in total. The van der Waals surface area contributed by atoms with Crippen LogP contribution < -0.4 is 0 Å². The van der Waals surface area contributed by atoms with Crippen LogP contribution in [0, 0.1) is 6.08 Å². The molecular formula is C7H7W-. The second-order valence-electron chi connectivity index (χ2n) is 1.39. The molecule has 0 saturated heterocycles. The minimum absolute atomic E-state index is 0. The molecule has 0 bridgehead atoms. The fourth-order valence-corrected chi connectivity index (χ4v) is 0.470.